The van der Waals surface area contributed by atoms with Crippen molar-refractivity contribution < 1.29 is 14.3 Å². The molecule has 0 heterocycles. The zero-order valence-corrected chi connectivity index (χ0v) is 18.8. The molecule has 154 valence electrons. The Bertz CT molecular complexity index is 1090. The van der Waals surface area contributed by atoms with Crippen molar-refractivity contribution in [2.75, 3.05) is 10.6 Å². The predicted molar refractivity (Wildman–Crippen MR) is 124 cm³/mol. The second kappa shape index (κ2) is 9.78. The fraction of sp³-hybridized carbons (Fsp3) is 0.130. The Balaban J connectivity index is 1.71. The number of carbonyl (C=O) groups excluding carboxylic acids is 2. The molecule has 2 N–H and O–H groups in total. The van der Waals surface area contributed by atoms with E-state index in [-0.39, 0.29) is 17.9 Å². The van der Waals surface area contributed by atoms with Gasteiger partial charge < -0.3 is 15.4 Å². The molecular weight excluding hydrogens is 468 g/mol. The van der Waals surface area contributed by atoms with Crippen LogP contribution in [0.1, 0.15) is 34.6 Å². The van der Waals surface area contributed by atoms with Crippen LogP contribution in [0.3, 0.4) is 0 Å². The van der Waals surface area contributed by atoms with Gasteiger partial charge in [0.05, 0.1) is 10.6 Å². The smallest absolute Gasteiger partial charge is 0.255 e. The first-order chi connectivity index (χ1) is 14.3. The average molecular weight is 488 g/mol. The average Bonchev–Trinajstić information content (AvgIpc) is 2.69. The van der Waals surface area contributed by atoms with Gasteiger partial charge in [0, 0.05) is 27.5 Å². The molecule has 2 amide bonds. The normalized spacial score (nSPS) is 10.6. The van der Waals surface area contributed by atoms with Gasteiger partial charge in [-0.25, -0.2) is 0 Å². The number of rotatable bonds is 6. The maximum absolute atomic E-state index is 12.6. The van der Waals surface area contributed by atoms with Crippen molar-refractivity contribution in [2.24, 2.45) is 0 Å². The molecular formula is C23H20BrClN2O3. The molecule has 3 rings (SSSR count). The SMILES string of the molecule is CC(C)Oc1ccc(C(=O)Nc2cccc(C(=O)Nc3cccc(Cl)c3)c2)cc1Br. The van der Waals surface area contributed by atoms with E-state index < -0.39 is 0 Å². The van der Waals surface area contributed by atoms with Crippen LogP contribution in [0, 0.1) is 0 Å². The molecule has 0 radical (unpaired) electrons. The van der Waals surface area contributed by atoms with E-state index in [1.165, 1.54) is 0 Å². The first kappa shape index (κ1) is 21.9. The molecule has 0 saturated carbocycles. The van der Waals surface area contributed by atoms with Crippen molar-refractivity contribution in [1.29, 1.82) is 0 Å². The highest BCUT2D eigenvalue weighted by atomic mass is 79.9. The summed E-state index contributed by atoms with van der Waals surface area (Å²) < 4.78 is 6.36. The van der Waals surface area contributed by atoms with Gasteiger partial charge in [-0.15, -0.1) is 0 Å². The Kier molecular flexibility index (Phi) is 7.13. The van der Waals surface area contributed by atoms with Crippen molar-refractivity contribution in [3.63, 3.8) is 0 Å². The zero-order valence-electron chi connectivity index (χ0n) is 16.4. The fourth-order valence-corrected chi connectivity index (χ4v) is 3.37. The fourth-order valence-electron chi connectivity index (χ4n) is 2.70. The van der Waals surface area contributed by atoms with E-state index in [9.17, 15) is 9.59 Å². The minimum Gasteiger partial charge on any atom is -0.490 e. The van der Waals surface area contributed by atoms with Gasteiger partial charge in [0.2, 0.25) is 0 Å². The molecule has 0 spiro atoms. The van der Waals surface area contributed by atoms with Crippen LogP contribution in [0.2, 0.25) is 5.02 Å². The van der Waals surface area contributed by atoms with Gasteiger partial charge in [0.25, 0.3) is 11.8 Å². The van der Waals surface area contributed by atoms with Crippen LogP contribution in [0.25, 0.3) is 0 Å². The molecule has 0 aliphatic heterocycles. The van der Waals surface area contributed by atoms with Gasteiger partial charge in [-0.1, -0.05) is 23.7 Å². The summed E-state index contributed by atoms with van der Waals surface area (Å²) in [6.07, 6.45) is 0.0294. The van der Waals surface area contributed by atoms with Crippen molar-refractivity contribution in [3.05, 3.63) is 87.4 Å². The van der Waals surface area contributed by atoms with E-state index in [2.05, 4.69) is 26.6 Å². The number of hydrogen-bond donors (Lipinski definition) is 2. The minimum atomic E-state index is -0.300. The summed E-state index contributed by atoms with van der Waals surface area (Å²) in [7, 11) is 0. The van der Waals surface area contributed by atoms with Crippen LogP contribution in [0.5, 0.6) is 5.75 Å². The molecule has 0 saturated heterocycles. The van der Waals surface area contributed by atoms with Crippen molar-refractivity contribution in [1.82, 2.24) is 0 Å². The van der Waals surface area contributed by atoms with Gasteiger partial charge in [-0.3, -0.25) is 9.59 Å². The monoisotopic (exact) mass is 486 g/mol. The van der Waals surface area contributed by atoms with E-state index in [1.54, 1.807) is 66.7 Å². The Morgan fingerprint density at radius 2 is 1.47 bits per heavy atom. The standard InChI is InChI=1S/C23H20BrClN2O3/c1-14(2)30-21-10-9-16(12-20(21)24)23(29)26-18-7-3-5-15(11-18)22(28)27-19-8-4-6-17(25)13-19/h3-14H,1-2H3,(H,26,29)(H,27,28). The summed E-state index contributed by atoms with van der Waals surface area (Å²) in [5, 5.41) is 6.13. The topological polar surface area (TPSA) is 67.4 Å². The molecule has 0 unspecified atom stereocenters. The first-order valence-electron chi connectivity index (χ1n) is 9.26. The molecule has 0 bridgehead atoms. The highest BCUT2D eigenvalue weighted by Crippen LogP contribution is 2.27. The number of ether oxygens (including phenoxy) is 1. The van der Waals surface area contributed by atoms with Crippen molar-refractivity contribution >= 4 is 50.7 Å². The van der Waals surface area contributed by atoms with Gasteiger partial charge in [0.1, 0.15) is 5.75 Å². The zero-order chi connectivity index (χ0) is 21.7. The molecule has 0 atom stereocenters. The molecule has 3 aromatic carbocycles. The molecule has 5 nitrogen and oxygen atoms in total. The number of halogens is 2. The lowest BCUT2D eigenvalue weighted by molar-refractivity contribution is 0.101. The van der Waals surface area contributed by atoms with E-state index in [1.807, 2.05) is 13.8 Å². The lowest BCUT2D eigenvalue weighted by atomic mass is 10.1. The summed E-state index contributed by atoms with van der Waals surface area (Å²) in [5.74, 6) is 0.0757. The van der Waals surface area contributed by atoms with E-state index in [0.29, 0.717) is 37.7 Å². The van der Waals surface area contributed by atoms with Crippen molar-refractivity contribution in [3.8, 4) is 5.75 Å². The van der Waals surface area contributed by atoms with Crippen LogP contribution in [-0.2, 0) is 0 Å². The van der Waals surface area contributed by atoms with Crippen LogP contribution in [0.4, 0.5) is 11.4 Å². The Morgan fingerprint density at radius 3 is 2.07 bits per heavy atom. The summed E-state index contributed by atoms with van der Waals surface area (Å²) in [5.41, 5.74) is 1.98. The third-order valence-corrected chi connectivity index (χ3v) is 4.88. The molecule has 30 heavy (non-hydrogen) atoms. The minimum absolute atomic E-state index is 0.0294. The third kappa shape index (κ3) is 5.84. The van der Waals surface area contributed by atoms with Crippen LogP contribution < -0.4 is 15.4 Å². The van der Waals surface area contributed by atoms with Crippen LogP contribution in [0.15, 0.2) is 71.2 Å². The second-order valence-corrected chi connectivity index (χ2v) is 8.10. The van der Waals surface area contributed by atoms with Crippen molar-refractivity contribution in [2.45, 2.75) is 20.0 Å². The maximum atomic E-state index is 12.6. The Hall–Kier alpha value is -2.83. The second-order valence-electron chi connectivity index (χ2n) is 6.81. The first-order valence-corrected chi connectivity index (χ1v) is 10.4. The summed E-state index contributed by atoms with van der Waals surface area (Å²) in [6.45, 7) is 3.87. The summed E-state index contributed by atoms with van der Waals surface area (Å²) in [6, 6.07) is 18.7. The lowest BCUT2D eigenvalue weighted by Gasteiger charge is -2.13. The van der Waals surface area contributed by atoms with Gasteiger partial charge in [-0.2, -0.15) is 0 Å². The number of carbonyl (C=O) groups is 2. The number of anilines is 2. The number of amides is 2. The van der Waals surface area contributed by atoms with E-state index >= 15 is 0 Å². The Morgan fingerprint density at radius 1 is 0.867 bits per heavy atom. The molecule has 3 aromatic rings. The number of nitrogens with one attached hydrogen (secondary N) is 2. The lowest BCUT2D eigenvalue weighted by Crippen LogP contribution is -2.15. The molecule has 0 aliphatic rings. The molecule has 0 aliphatic carbocycles. The highest BCUT2D eigenvalue weighted by molar-refractivity contribution is 9.10. The van der Waals surface area contributed by atoms with Crippen LogP contribution in [-0.4, -0.2) is 17.9 Å². The van der Waals surface area contributed by atoms with E-state index in [0.717, 1.165) is 0 Å². The maximum Gasteiger partial charge on any atom is 0.255 e. The van der Waals surface area contributed by atoms with Gasteiger partial charge >= 0.3 is 0 Å². The molecule has 0 aromatic heterocycles. The summed E-state index contributed by atoms with van der Waals surface area (Å²) >= 11 is 9.38. The highest BCUT2D eigenvalue weighted by Gasteiger charge is 2.12. The molecule has 0 fully saturated rings. The largest absolute Gasteiger partial charge is 0.490 e. The summed E-state index contributed by atoms with van der Waals surface area (Å²) in [4.78, 5) is 25.1. The molecule has 7 heteroatoms. The van der Waals surface area contributed by atoms with Gasteiger partial charge in [-0.05, 0) is 84.4 Å². The number of benzene rings is 3. The quantitative estimate of drug-likeness (QED) is 0.423. The predicted octanol–water partition coefficient (Wildman–Crippen LogP) is 6.39. The third-order valence-electron chi connectivity index (χ3n) is 4.02. The van der Waals surface area contributed by atoms with Crippen LogP contribution >= 0.6 is 27.5 Å². The van der Waals surface area contributed by atoms with Gasteiger partial charge in [0.15, 0.2) is 0 Å². The Labute approximate surface area is 188 Å². The number of hydrogen-bond acceptors (Lipinski definition) is 3. The van der Waals surface area contributed by atoms with E-state index in [4.69, 9.17) is 16.3 Å².